The molecule has 1 aromatic heterocycles. The number of nitrogens with two attached hydrogens (primary N) is 2. The van der Waals surface area contributed by atoms with Crippen molar-refractivity contribution in [3.63, 3.8) is 0 Å². The average Bonchev–Trinajstić information content (AvgIpc) is 3.03. The van der Waals surface area contributed by atoms with Gasteiger partial charge in [-0.3, -0.25) is 4.79 Å². The van der Waals surface area contributed by atoms with Gasteiger partial charge >= 0.3 is 0 Å². The van der Waals surface area contributed by atoms with E-state index in [4.69, 9.17) is 11.5 Å². The van der Waals surface area contributed by atoms with Crippen molar-refractivity contribution < 1.29 is 9.18 Å². The standard InChI is InChI=1S/C18H17FN6O/c1-10(24-25-18(20)21)11-2-5-14(6-3-11)22-17(26)16-9-12-8-13(19)4-7-15(12)23-16/h2-9,23H,1H3,(H,22,26)(H4,20,21,25)/b24-10-. The summed E-state index contributed by atoms with van der Waals surface area (Å²) in [5.74, 6) is -0.788. The van der Waals surface area contributed by atoms with E-state index in [2.05, 4.69) is 20.5 Å². The van der Waals surface area contributed by atoms with Gasteiger partial charge in [-0.2, -0.15) is 5.10 Å². The van der Waals surface area contributed by atoms with Crippen LogP contribution >= 0.6 is 0 Å². The highest BCUT2D eigenvalue weighted by atomic mass is 19.1. The van der Waals surface area contributed by atoms with E-state index in [9.17, 15) is 9.18 Å². The molecule has 8 heteroatoms. The van der Waals surface area contributed by atoms with Crippen molar-refractivity contribution in [1.82, 2.24) is 4.98 Å². The maximum absolute atomic E-state index is 13.2. The van der Waals surface area contributed by atoms with E-state index in [1.807, 2.05) is 0 Å². The molecule has 1 heterocycles. The fraction of sp³-hybridized carbons (Fsp3) is 0.0556. The summed E-state index contributed by atoms with van der Waals surface area (Å²) in [5, 5.41) is 10.9. The third-order valence-corrected chi connectivity index (χ3v) is 3.70. The fourth-order valence-corrected chi connectivity index (χ4v) is 2.41. The Kier molecular flexibility index (Phi) is 4.66. The Hall–Kier alpha value is -3.68. The molecule has 3 rings (SSSR count). The number of nitrogens with one attached hydrogen (secondary N) is 2. The molecule has 0 saturated heterocycles. The van der Waals surface area contributed by atoms with Gasteiger partial charge < -0.3 is 21.8 Å². The summed E-state index contributed by atoms with van der Waals surface area (Å²) < 4.78 is 13.2. The molecule has 132 valence electrons. The lowest BCUT2D eigenvalue weighted by molar-refractivity contribution is 0.102. The van der Waals surface area contributed by atoms with Crippen molar-refractivity contribution in [3.05, 3.63) is 65.6 Å². The van der Waals surface area contributed by atoms with Gasteiger partial charge in [-0.05, 0) is 48.9 Å². The van der Waals surface area contributed by atoms with Crippen molar-refractivity contribution in [1.29, 1.82) is 0 Å². The lowest BCUT2D eigenvalue weighted by atomic mass is 10.1. The zero-order chi connectivity index (χ0) is 18.7. The molecule has 0 fully saturated rings. The molecule has 0 unspecified atom stereocenters. The van der Waals surface area contributed by atoms with Crippen LogP contribution in [0.4, 0.5) is 10.1 Å². The second-order valence-corrected chi connectivity index (χ2v) is 5.66. The van der Waals surface area contributed by atoms with Gasteiger partial charge in [0.2, 0.25) is 5.96 Å². The van der Waals surface area contributed by atoms with Crippen LogP contribution in [-0.2, 0) is 0 Å². The summed E-state index contributed by atoms with van der Waals surface area (Å²) in [6, 6.07) is 13.0. The lowest BCUT2D eigenvalue weighted by Crippen LogP contribution is -2.22. The van der Waals surface area contributed by atoms with Crippen molar-refractivity contribution in [2.45, 2.75) is 6.92 Å². The molecule has 7 nitrogen and oxygen atoms in total. The molecular weight excluding hydrogens is 335 g/mol. The minimum atomic E-state index is -0.350. The Morgan fingerprint density at radius 1 is 1.08 bits per heavy atom. The van der Waals surface area contributed by atoms with Gasteiger partial charge in [0.05, 0.1) is 5.71 Å². The quantitative estimate of drug-likeness (QED) is 0.328. The summed E-state index contributed by atoms with van der Waals surface area (Å²) in [5.41, 5.74) is 13.6. The predicted octanol–water partition coefficient (Wildman–Crippen LogP) is 2.56. The number of aromatic amines is 1. The number of anilines is 1. The maximum Gasteiger partial charge on any atom is 0.272 e. The zero-order valence-electron chi connectivity index (χ0n) is 14.0. The van der Waals surface area contributed by atoms with Crippen LogP contribution in [0.15, 0.2) is 58.7 Å². The summed E-state index contributed by atoms with van der Waals surface area (Å²) >= 11 is 0. The van der Waals surface area contributed by atoms with Gasteiger partial charge in [0.1, 0.15) is 11.5 Å². The first-order chi connectivity index (χ1) is 12.4. The number of hydrogen-bond donors (Lipinski definition) is 4. The second kappa shape index (κ2) is 7.06. The molecule has 0 radical (unpaired) electrons. The molecule has 1 amide bonds. The molecule has 0 aliphatic carbocycles. The third-order valence-electron chi connectivity index (χ3n) is 3.70. The van der Waals surface area contributed by atoms with Crippen molar-refractivity contribution in [2.75, 3.05) is 5.32 Å². The minimum absolute atomic E-state index is 0.119. The number of rotatable bonds is 4. The Labute approximate surface area is 148 Å². The number of guanidine groups is 1. The first-order valence-corrected chi connectivity index (χ1v) is 7.75. The Morgan fingerprint density at radius 3 is 2.50 bits per heavy atom. The minimum Gasteiger partial charge on any atom is -0.369 e. The Balaban J connectivity index is 1.74. The van der Waals surface area contributed by atoms with E-state index >= 15 is 0 Å². The van der Waals surface area contributed by atoms with Crippen LogP contribution in [-0.4, -0.2) is 22.6 Å². The number of H-pyrrole nitrogens is 1. The smallest absolute Gasteiger partial charge is 0.272 e. The van der Waals surface area contributed by atoms with Crippen LogP contribution in [0.1, 0.15) is 23.0 Å². The van der Waals surface area contributed by atoms with Gasteiger partial charge in [0, 0.05) is 16.6 Å². The molecule has 6 N–H and O–H groups in total. The molecule has 0 aliphatic rings. The van der Waals surface area contributed by atoms with E-state index in [1.54, 1.807) is 43.3 Å². The monoisotopic (exact) mass is 352 g/mol. The summed E-state index contributed by atoms with van der Waals surface area (Å²) in [6.45, 7) is 1.77. The number of fused-ring (bicyclic) bond motifs is 1. The number of carbonyl (C=O) groups is 1. The Bertz CT molecular complexity index is 1020. The largest absolute Gasteiger partial charge is 0.369 e. The summed E-state index contributed by atoms with van der Waals surface area (Å²) in [6.07, 6.45) is 0. The highest BCUT2D eigenvalue weighted by Crippen LogP contribution is 2.18. The number of aromatic nitrogens is 1. The van der Waals surface area contributed by atoms with Crippen molar-refractivity contribution in [2.24, 2.45) is 21.7 Å². The molecule has 2 aromatic carbocycles. The lowest BCUT2D eigenvalue weighted by Gasteiger charge is -2.05. The van der Waals surface area contributed by atoms with Crippen molar-refractivity contribution >= 4 is 34.2 Å². The van der Waals surface area contributed by atoms with Crippen LogP contribution in [0.2, 0.25) is 0 Å². The molecule has 26 heavy (non-hydrogen) atoms. The number of halogens is 1. The van der Waals surface area contributed by atoms with Crippen LogP contribution in [0.3, 0.4) is 0 Å². The van der Waals surface area contributed by atoms with Gasteiger partial charge in [-0.15, -0.1) is 5.10 Å². The second-order valence-electron chi connectivity index (χ2n) is 5.66. The van der Waals surface area contributed by atoms with Gasteiger partial charge in [-0.1, -0.05) is 12.1 Å². The number of amides is 1. The van der Waals surface area contributed by atoms with E-state index in [0.717, 1.165) is 5.56 Å². The van der Waals surface area contributed by atoms with Crippen LogP contribution < -0.4 is 16.8 Å². The molecule has 0 saturated carbocycles. The van der Waals surface area contributed by atoms with Crippen molar-refractivity contribution in [3.8, 4) is 0 Å². The number of hydrogen-bond acceptors (Lipinski definition) is 3. The van der Waals surface area contributed by atoms with Crippen LogP contribution in [0, 0.1) is 5.82 Å². The number of nitrogens with zero attached hydrogens (tertiary/aromatic N) is 2. The van der Waals surface area contributed by atoms with E-state index in [-0.39, 0.29) is 17.7 Å². The predicted molar refractivity (Wildman–Crippen MR) is 101 cm³/mol. The summed E-state index contributed by atoms with van der Waals surface area (Å²) in [7, 11) is 0. The average molecular weight is 352 g/mol. The van der Waals surface area contributed by atoms with Gasteiger partial charge in [-0.25, -0.2) is 4.39 Å². The number of benzene rings is 2. The third kappa shape index (κ3) is 3.86. The molecule has 0 bridgehead atoms. The van der Waals surface area contributed by atoms with E-state index < -0.39 is 0 Å². The highest BCUT2D eigenvalue weighted by molar-refractivity contribution is 6.06. The fourth-order valence-electron chi connectivity index (χ4n) is 2.41. The van der Waals surface area contributed by atoms with Gasteiger partial charge in [0.25, 0.3) is 5.91 Å². The molecular formula is C18H17FN6O. The summed E-state index contributed by atoms with van der Waals surface area (Å²) in [4.78, 5) is 15.3. The van der Waals surface area contributed by atoms with Crippen LogP contribution in [0.25, 0.3) is 10.9 Å². The molecule has 0 spiro atoms. The molecule has 0 atom stereocenters. The normalized spacial score (nSPS) is 11.4. The maximum atomic E-state index is 13.2. The Morgan fingerprint density at radius 2 is 1.81 bits per heavy atom. The SMILES string of the molecule is C/C(=N/N=C(N)N)c1ccc(NC(=O)c2cc3cc(F)ccc3[nH]2)cc1. The number of carbonyl (C=O) groups excluding carboxylic acids is 1. The van der Waals surface area contributed by atoms with E-state index in [1.165, 1.54) is 12.1 Å². The first kappa shape index (κ1) is 17.2. The topological polar surface area (TPSA) is 122 Å². The highest BCUT2D eigenvalue weighted by Gasteiger charge is 2.10. The first-order valence-electron chi connectivity index (χ1n) is 7.75. The molecule has 0 aliphatic heterocycles. The zero-order valence-corrected chi connectivity index (χ0v) is 14.0. The van der Waals surface area contributed by atoms with Gasteiger partial charge in [0.15, 0.2) is 0 Å². The molecule has 3 aromatic rings. The van der Waals surface area contributed by atoms with Crippen LogP contribution in [0.5, 0.6) is 0 Å². The van der Waals surface area contributed by atoms with E-state index in [0.29, 0.717) is 28.0 Å².